The van der Waals surface area contributed by atoms with Gasteiger partial charge in [-0.3, -0.25) is 4.90 Å². The number of nitrogen functional groups attached to an aromatic ring is 1. The predicted molar refractivity (Wildman–Crippen MR) is 74.2 cm³/mol. The van der Waals surface area contributed by atoms with Gasteiger partial charge in [0.25, 0.3) is 0 Å². The summed E-state index contributed by atoms with van der Waals surface area (Å²) in [5.74, 6) is 0.927. The molecule has 4 heteroatoms. The summed E-state index contributed by atoms with van der Waals surface area (Å²) >= 11 is 0. The Bertz CT molecular complexity index is 435. The zero-order valence-electron chi connectivity index (χ0n) is 10.9. The van der Waals surface area contributed by atoms with Gasteiger partial charge >= 0.3 is 0 Å². The molecule has 1 unspecified atom stereocenters. The van der Waals surface area contributed by atoms with Gasteiger partial charge in [-0.05, 0) is 37.6 Å². The van der Waals surface area contributed by atoms with Crippen LogP contribution in [-0.2, 0) is 0 Å². The van der Waals surface area contributed by atoms with E-state index in [1.54, 1.807) is 7.11 Å². The second-order valence-electron chi connectivity index (χ2n) is 5.21. The number of anilines is 2. The highest BCUT2D eigenvalue weighted by molar-refractivity contribution is 5.65. The average Bonchev–Trinajstić information content (AvgIpc) is 2.85. The molecule has 0 spiro atoms. The standard InChI is InChI=1S/C14H21N3O/c1-18-14-5-4-11(15)9-13(14)17-8-7-16-6-2-3-12(16)10-17/h4-5,9,12H,2-3,6-8,10,15H2,1H3. The highest BCUT2D eigenvalue weighted by Gasteiger charge is 2.31. The molecule has 2 aliphatic rings. The molecule has 1 aromatic carbocycles. The summed E-state index contributed by atoms with van der Waals surface area (Å²) in [4.78, 5) is 5.02. The molecule has 3 rings (SSSR count). The molecule has 0 aliphatic carbocycles. The lowest BCUT2D eigenvalue weighted by Gasteiger charge is -2.39. The van der Waals surface area contributed by atoms with Gasteiger partial charge in [-0.2, -0.15) is 0 Å². The van der Waals surface area contributed by atoms with E-state index >= 15 is 0 Å². The van der Waals surface area contributed by atoms with E-state index in [9.17, 15) is 0 Å². The van der Waals surface area contributed by atoms with Crippen LogP contribution in [0.1, 0.15) is 12.8 Å². The highest BCUT2D eigenvalue weighted by Crippen LogP contribution is 2.33. The summed E-state index contributed by atoms with van der Waals surface area (Å²) in [6, 6.07) is 6.61. The normalized spacial score (nSPS) is 24.1. The van der Waals surface area contributed by atoms with Crippen LogP contribution in [0.4, 0.5) is 11.4 Å². The largest absolute Gasteiger partial charge is 0.495 e. The topological polar surface area (TPSA) is 41.7 Å². The van der Waals surface area contributed by atoms with Gasteiger partial charge in [0.05, 0.1) is 12.8 Å². The number of hydrogen-bond donors (Lipinski definition) is 1. The molecule has 2 saturated heterocycles. The maximum Gasteiger partial charge on any atom is 0.142 e. The van der Waals surface area contributed by atoms with Crippen LogP contribution in [0, 0.1) is 0 Å². The molecular formula is C14H21N3O. The predicted octanol–water partition coefficient (Wildman–Crippen LogP) is 1.56. The second kappa shape index (κ2) is 4.69. The first-order chi connectivity index (χ1) is 8.78. The maximum atomic E-state index is 5.90. The van der Waals surface area contributed by atoms with Crippen LogP contribution in [0.2, 0.25) is 0 Å². The Morgan fingerprint density at radius 2 is 2.17 bits per heavy atom. The van der Waals surface area contributed by atoms with Crippen LogP contribution < -0.4 is 15.4 Å². The number of ether oxygens (including phenoxy) is 1. The van der Waals surface area contributed by atoms with Gasteiger partial charge in [0.2, 0.25) is 0 Å². The van der Waals surface area contributed by atoms with Gasteiger partial charge in [0.1, 0.15) is 5.75 Å². The molecule has 0 saturated carbocycles. The minimum absolute atomic E-state index is 0.713. The molecule has 0 radical (unpaired) electrons. The first-order valence-electron chi connectivity index (χ1n) is 6.70. The SMILES string of the molecule is COc1ccc(N)cc1N1CCN2CCCC2C1. The Kier molecular flexibility index (Phi) is 3.04. The lowest BCUT2D eigenvalue weighted by Crippen LogP contribution is -2.50. The van der Waals surface area contributed by atoms with Crippen molar-refractivity contribution in [3.8, 4) is 5.75 Å². The number of hydrogen-bond acceptors (Lipinski definition) is 4. The molecule has 4 nitrogen and oxygen atoms in total. The van der Waals surface area contributed by atoms with Crippen molar-refractivity contribution in [1.82, 2.24) is 4.90 Å². The third-order valence-corrected chi connectivity index (χ3v) is 4.13. The molecular weight excluding hydrogens is 226 g/mol. The van der Waals surface area contributed by atoms with Crippen LogP contribution in [0.5, 0.6) is 5.75 Å². The molecule has 2 heterocycles. The first kappa shape index (κ1) is 11.7. The van der Waals surface area contributed by atoms with Crippen molar-refractivity contribution in [2.45, 2.75) is 18.9 Å². The van der Waals surface area contributed by atoms with Crippen molar-refractivity contribution in [1.29, 1.82) is 0 Å². The van der Waals surface area contributed by atoms with Gasteiger partial charge in [0, 0.05) is 31.4 Å². The van der Waals surface area contributed by atoms with Crippen molar-refractivity contribution in [3.63, 3.8) is 0 Å². The van der Waals surface area contributed by atoms with Crippen LogP contribution >= 0.6 is 0 Å². The van der Waals surface area contributed by atoms with E-state index in [4.69, 9.17) is 10.5 Å². The van der Waals surface area contributed by atoms with Crippen LogP contribution in [0.15, 0.2) is 18.2 Å². The molecule has 18 heavy (non-hydrogen) atoms. The van der Waals surface area contributed by atoms with Crippen molar-refractivity contribution >= 4 is 11.4 Å². The van der Waals surface area contributed by atoms with Crippen molar-refractivity contribution in [2.75, 3.05) is 43.9 Å². The third-order valence-electron chi connectivity index (χ3n) is 4.13. The molecule has 0 amide bonds. The number of benzene rings is 1. The second-order valence-corrected chi connectivity index (χ2v) is 5.21. The Morgan fingerprint density at radius 1 is 1.28 bits per heavy atom. The number of nitrogens with two attached hydrogens (primary N) is 1. The Balaban J connectivity index is 1.84. The Labute approximate surface area is 108 Å². The summed E-state index contributed by atoms with van der Waals surface area (Å²) < 4.78 is 5.45. The Morgan fingerprint density at radius 3 is 3.00 bits per heavy atom. The van der Waals surface area contributed by atoms with Crippen LogP contribution in [0.25, 0.3) is 0 Å². The fourth-order valence-corrected chi connectivity index (χ4v) is 3.16. The van der Waals surface area contributed by atoms with E-state index < -0.39 is 0 Å². The van der Waals surface area contributed by atoms with Gasteiger partial charge in [-0.1, -0.05) is 0 Å². The first-order valence-corrected chi connectivity index (χ1v) is 6.70. The zero-order valence-corrected chi connectivity index (χ0v) is 10.9. The van der Waals surface area contributed by atoms with Gasteiger partial charge in [-0.25, -0.2) is 0 Å². The highest BCUT2D eigenvalue weighted by atomic mass is 16.5. The minimum atomic E-state index is 0.713. The molecule has 0 aromatic heterocycles. The molecule has 2 fully saturated rings. The lowest BCUT2D eigenvalue weighted by molar-refractivity contribution is 0.230. The molecule has 2 N–H and O–H groups in total. The van der Waals surface area contributed by atoms with E-state index in [0.717, 1.165) is 36.8 Å². The van der Waals surface area contributed by atoms with Crippen LogP contribution in [-0.4, -0.2) is 44.2 Å². The maximum absolute atomic E-state index is 5.90. The quantitative estimate of drug-likeness (QED) is 0.805. The number of nitrogens with zero attached hydrogens (tertiary/aromatic N) is 2. The minimum Gasteiger partial charge on any atom is -0.495 e. The Hall–Kier alpha value is -1.42. The van der Waals surface area contributed by atoms with E-state index in [1.165, 1.54) is 19.4 Å². The van der Waals surface area contributed by atoms with E-state index in [0.29, 0.717) is 6.04 Å². The number of piperazine rings is 1. The molecule has 2 aliphatic heterocycles. The van der Waals surface area contributed by atoms with Crippen LogP contribution in [0.3, 0.4) is 0 Å². The van der Waals surface area contributed by atoms with Crippen molar-refractivity contribution in [2.24, 2.45) is 0 Å². The third kappa shape index (κ3) is 2.01. The van der Waals surface area contributed by atoms with Gasteiger partial charge in [-0.15, -0.1) is 0 Å². The summed E-state index contributed by atoms with van der Waals surface area (Å²) in [6.07, 6.45) is 2.66. The molecule has 98 valence electrons. The summed E-state index contributed by atoms with van der Waals surface area (Å²) in [5, 5.41) is 0. The number of rotatable bonds is 2. The van der Waals surface area contributed by atoms with Gasteiger partial charge < -0.3 is 15.4 Å². The average molecular weight is 247 g/mol. The summed E-state index contributed by atoms with van der Waals surface area (Å²) in [6.45, 7) is 4.59. The van der Waals surface area contributed by atoms with E-state index in [2.05, 4.69) is 9.80 Å². The molecule has 1 atom stereocenters. The smallest absolute Gasteiger partial charge is 0.142 e. The number of methoxy groups -OCH3 is 1. The summed E-state index contributed by atoms with van der Waals surface area (Å²) in [5.41, 5.74) is 7.85. The fraction of sp³-hybridized carbons (Fsp3) is 0.571. The number of fused-ring (bicyclic) bond motifs is 1. The van der Waals surface area contributed by atoms with E-state index in [-0.39, 0.29) is 0 Å². The molecule has 0 bridgehead atoms. The monoisotopic (exact) mass is 247 g/mol. The van der Waals surface area contributed by atoms with Gasteiger partial charge in [0.15, 0.2) is 0 Å². The van der Waals surface area contributed by atoms with Crippen molar-refractivity contribution < 1.29 is 4.74 Å². The zero-order chi connectivity index (χ0) is 12.5. The van der Waals surface area contributed by atoms with Crippen molar-refractivity contribution in [3.05, 3.63) is 18.2 Å². The summed E-state index contributed by atoms with van der Waals surface area (Å²) in [7, 11) is 1.72. The lowest BCUT2D eigenvalue weighted by atomic mass is 10.1. The molecule has 1 aromatic rings. The fourth-order valence-electron chi connectivity index (χ4n) is 3.16. The van der Waals surface area contributed by atoms with E-state index in [1.807, 2.05) is 18.2 Å².